The topological polar surface area (TPSA) is 53.4 Å². The van der Waals surface area contributed by atoms with Crippen LogP contribution in [0.5, 0.6) is 0 Å². The number of hydrogen-bond donors (Lipinski definition) is 1. The molecule has 16 heavy (non-hydrogen) atoms. The first-order valence-electron chi connectivity index (χ1n) is 5.63. The summed E-state index contributed by atoms with van der Waals surface area (Å²) in [5, 5.41) is 8.74. The number of anilines is 1. The van der Waals surface area contributed by atoms with Crippen LogP contribution in [0, 0.1) is 5.41 Å². The number of pyridine rings is 1. The molecule has 0 amide bonds. The maximum Gasteiger partial charge on any atom is 0.354 e. The number of rotatable bonds is 2. The van der Waals surface area contributed by atoms with Gasteiger partial charge in [0.15, 0.2) is 0 Å². The van der Waals surface area contributed by atoms with E-state index >= 15 is 0 Å². The zero-order chi connectivity index (χ0) is 11.2. The minimum Gasteiger partial charge on any atom is -0.477 e. The van der Waals surface area contributed by atoms with Gasteiger partial charge in [-0.25, -0.2) is 9.78 Å². The number of nitrogens with zero attached hydrogens (tertiary/aromatic N) is 2. The molecule has 0 bridgehead atoms. The molecule has 4 nitrogen and oxygen atoms in total. The minimum atomic E-state index is -0.967. The van der Waals surface area contributed by atoms with Gasteiger partial charge in [-0.05, 0) is 25.0 Å². The molecule has 0 radical (unpaired) electrons. The van der Waals surface area contributed by atoms with Gasteiger partial charge in [0.1, 0.15) is 5.69 Å². The van der Waals surface area contributed by atoms with Gasteiger partial charge in [-0.1, -0.05) is 6.42 Å². The highest BCUT2D eigenvalue weighted by Gasteiger charge is 2.47. The van der Waals surface area contributed by atoms with E-state index in [4.69, 9.17) is 5.11 Å². The van der Waals surface area contributed by atoms with Crippen LogP contribution < -0.4 is 4.90 Å². The molecule has 1 spiro atoms. The first kappa shape index (κ1) is 9.63. The summed E-state index contributed by atoms with van der Waals surface area (Å²) in [4.78, 5) is 16.9. The van der Waals surface area contributed by atoms with Crippen molar-refractivity contribution >= 4 is 11.7 Å². The molecular formula is C12H14N2O2. The highest BCUT2D eigenvalue weighted by atomic mass is 16.4. The van der Waals surface area contributed by atoms with Gasteiger partial charge >= 0.3 is 5.97 Å². The molecule has 84 valence electrons. The van der Waals surface area contributed by atoms with Gasteiger partial charge < -0.3 is 10.0 Å². The fraction of sp³-hybridized carbons (Fsp3) is 0.500. The molecule has 3 rings (SSSR count). The minimum absolute atomic E-state index is 0.114. The van der Waals surface area contributed by atoms with E-state index < -0.39 is 5.97 Å². The molecule has 1 saturated heterocycles. The van der Waals surface area contributed by atoms with Crippen LogP contribution in [0.4, 0.5) is 5.69 Å². The van der Waals surface area contributed by atoms with Crippen LogP contribution in [0.25, 0.3) is 0 Å². The van der Waals surface area contributed by atoms with E-state index in [1.165, 1.54) is 19.3 Å². The summed E-state index contributed by atoms with van der Waals surface area (Å²) in [6.45, 7) is 2.22. The van der Waals surface area contributed by atoms with E-state index in [0.29, 0.717) is 5.41 Å². The summed E-state index contributed by atoms with van der Waals surface area (Å²) in [5.41, 5.74) is 1.75. The van der Waals surface area contributed by atoms with Crippen LogP contribution in [0.1, 0.15) is 29.8 Å². The van der Waals surface area contributed by atoms with E-state index in [1.54, 1.807) is 12.3 Å². The van der Waals surface area contributed by atoms with Crippen LogP contribution in [-0.4, -0.2) is 29.1 Å². The number of aromatic nitrogens is 1. The molecule has 0 unspecified atom stereocenters. The smallest absolute Gasteiger partial charge is 0.354 e. The number of carboxylic acids is 1. The van der Waals surface area contributed by atoms with Gasteiger partial charge in [-0.2, -0.15) is 0 Å². The Bertz CT molecular complexity index is 415. The van der Waals surface area contributed by atoms with Gasteiger partial charge in [0.25, 0.3) is 0 Å². The molecule has 0 aromatic carbocycles. The van der Waals surface area contributed by atoms with Crippen molar-refractivity contribution in [3.05, 3.63) is 24.0 Å². The predicted molar refractivity (Wildman–Crippen MR) is 59.7 cm³/mol. The van der Waals surface area contributed by atoms with Crippen molar-refractivity contribution in [3.63, 3.8) is 0 Å². The van der Waals surface area contributed by atoms with Gasteiger partial charge in [0.2, 0.25) is 0 Å². The molecule has 1 aromatic heterocycles. The van der Waals surface area contributed by atoms with Gasteiger partial charge in [-0.3, -0.25) is 0 Å². The van der Waals surface area contributed by atoms with Crippen LogP contribution >= 0.6 is 0 Å². The molecule has 1 aliphatic carbocycles. The molecule has 1 saturated carbocycles. The van der Waals surface area contributed by atoms with E-state index in [2.05, 4.69) is 9.88 Å². The highest BCUT2D eigenvalue weighted by Crippen LogP contribution is 2.49. The Morgan fingerprint density at radius 3 is 2.56 bits per heavy atom. The lowest BCUT2D eigenvalue weighted by Crippen LogP contribution is -2.59. The van der Waals surface area contributed by atoms with Crippen LogP contribution in [-0.2, 0) is 0 Å². The molecular weight excluding hydrogens is 204 g/mol. The average Bonchev–Trinajstić information content (AvgIpc) is 2.14. The Hall–Kier alpha value is -1.58. The Balaban J connectivity index is 1.69. The third-order valence-corrected chi connectivity index (χ3v) is 3.80. The maximum absolute atomic E-state index is 10.6. The lowest BCUT2D eigenvalue weighted by molar-refractivity contribution is 0.0690. The highest BCUT2D eigenvalue weighted by molar-refractivity contribution is 5.85. The first-order chi connectivity index (χ1) is 7.69. The summed E-state index contributed by atoms with van der Waals surface area (Å²) in [6, 6.07) is 3.42. The van der Waals surface area contributed by atoms with E-state index in [1.807, 2.05) is 6.07 Å². The largest absolute Gasteiger partial charge is 0.477 e. The summed E-state index contributed by atoms with van der Waals surface area (Å²) in [6.07, 6.45) is 5.73. The lowest BCUT2D eigenvalue weighted by Gasteiger charge is -2.56. The standard InChI is InChI=1S/C12H14N2O2/c15-11(16)10-3-2-9(6-13-10)14-7-12(8-14)4-1-5-12/h2-3,6H,1,4-5,7-8H2,(H,15,16). The van der Waals surface area contributed by atoms with E-state index in [9.17, 15) is 4.79 Å². The molecule has 1 aliphatic heterocycles. The molecule has 1 N–H and O–H groups in total. The van der Waals surface area contributed by atoms with Crippen molar-refractivity contribution in [2.75, 3.05) is 18.0 Å². The Morgan fingerprint density at radius 2 is 2.12 bits per heavy atom. The first-order valence-corrected chi connectivity index (χ1v) is 5.63. The second-order valence-corrected chi connectivity index (χ2v) is 4.92. The number of hydrogen-bond acceptors (Lipinski definition) is 3. The second-order valence-electron chi connectivity index (χ2n) is 4.92. The van der Waals surface area contributed by atoms with Crippen molar-refractivity contribution in [2.45, 2.75) is 19.3 Å². The number of carboxylic acid groups (broad SMARTS) is 1. The monoisotopic (exact) mass is 218 g/mol. The zero-order valence-corrected chi connectivity index (χ0v) is 9.02. The SMILES string of the molecule is O=C(O)c1ccc(N2CC3(CCC3)C2)cn1. The Morgan fingerprint density at radius 1 is 1.38 bits per heavy atom. The Kier molecular flexibility index (Phi) is 1.93. The van der Waals surface area contributed by atoms with Crippen LogP contribution in [0.15, 0.2) is 18.3 Å². The van der Waals surface area contributed by atoms with E-state index in [-0.39, 0.29) is 5.69 Å². The average molecular weight is 218 g/mol. The fourth-order valence-corrected chi connectivity index (χ4v) is 2.64. The van der Waals surface area contributed by atoms with Crippen LogP contribution in [0.3, 0.4) is 0 Å². The quantitative estimate of drug-likeness (QED) is 0.822. The van der Waals surface area contributed by atoms with Crippen molar-refractivity contribution < 1.29 is 9.90 Å². The molecule has 2 fully saturated rings. The summed E-state index contributed by atoms with van der Waals surface area (Å²) < 4.78 is 0. The van der Waals surface area contributed by atoms with E-state index in [0.717, 1.165) is 18.8 Å². The molecule has 4 heteroatoms. The van der Waals surface area contributed by atoms with Crippen LogP contribution in [0.2, 0.25) is 0 Å². The molecule has 2 heterocycles. The van der Waals surface area contributed by atoms with Crippen molar-refractivity contribution in [1.29, 1.82) is 0 Å². The molecule has 1 aromatic rings. The molecule has 2 aliphatic rings. The lowest BCUT2D eigenvalue weighted by atomic mass is 9.63. The van der Waals surface area contributed by atoms with Gasteiger partial charge in [0, 0.05) is 18.5 Å². The molecule has 0 atom stereocenters. The van der Waals surface area contributed by atoms with Gasteiger partial charge in [-0.15, -0.1) is 0 Å². The second kappa shape index (κ2) is 3.20. The van der Waals surface area contributed by atoms with Crippen molar-refractivity contribution in [1.82, 2.24) is 4.98 Å². The van der Waals surface area contributed by atoms with Crippen molar-refractivity contribution in [3.8, 4) is 0 Å². The third kappa shape index (κ3) is 1.37. The van der Waals surface area contributed by atoms with Crippen molar-refractivity contribution in [2.24, 2.45) is 5.41 Å². The summed E-state index contributed by atoms with van der Waals surface area (Å²) >= 11 is 0. The summed E-state index contributed by atoms with van der Waals surface area (Å²) in [5.74, 6) is -0.967. The third-order valence-electron chi connectivity index (χ3n) is 3.80. The summed E-state index contributed by atoms with van der Waals surface area (Å²) in [7, 11) is 0. The fourth-order valence-electron chi connectivity index (χ4n) is 2.64. The predicted octanol–water partition coefficient (Wildman–Crippen LogP) is 1.77. The maximum atomic E-state index is 10.6. The van der Waals surface area contributed by atoms with Gasteiger partial charge in [0.05, 0.1) is 11.9 Å². The number of aromatic carboxylic acids is 1. The normalized spacial score (nSPS) is 21.4. The number of carbonyl (C=O) groups is 1. The Labute approximate surface area is 93.9 Å². The zero-order valence-electron chi connectivity index (χ0n) is 9.02.